The van der Waals surface area contributed by atoms with Gasteiger partial charge in [-0.1, -0.05) is 0 Å². The molecule has 0 aromatic carbocycles. The Morgan fingerprint density at radius 1 is 1.44 bits per heavy atom. The van der Waals surface area contributed by atoms with Gasteiger partial charge in [0.25, 0.3) is 0 Å². The van der Waals surface area contributed by atoms with E-state index in [2.05, 4.69) is 15.4 Å². The molecule has 0 fully saturated rings. The summed E-state index contributed by atoms with van der Waals surface area (Å²) in [6, 6.07) is 3.68. The lowest BCUT2D eigenvalue weighted by Crippen LogP contribution is -2.04. The summed E-state index contributed by atoms with van der Waals surface area (Å²) in [4.78, 5) is 4.34. The topological polar surface area (TPSA) is 78.0 Å². The van der Waals surface area contributed by atoms with Crippen LogP contribution in [0, 0.1) is 6.92 Å². The lowest BCUT2D eigenvalue weighted by molar-refractivity contribution is 0.183. The third-order valence-corrected chi connectivity index (χ3v) is 2.56. The number of rotatable bonds is 5. The highest BCUT2D eigenvalue weighted by Gasteiger charge is 2.02. The van der Waals surface area contributed by atoms with Crippen LogP contribution in [0.15, 0.2) is 24.5 Å². The fraction of sp³-hybridized carbons (Fsp3) is 0.333. The molecule has 0 saturated carbocycles. The number of hydrogen-bond donors (Lipinski definition) is 2. The number of nitrogens with zero attached hydrogens (tertiary/aromatic N) is 3. The summed E-state index contributed by atoms with van der Waals surface area (Å²) in [5.74, 6) is 0.757. The third-order valence-electron chi connectivity index (χ3n) is 2.56. The summed E-state index contributed by atoms with van der Waals surface area (Å²) in [7, 11) is 1.67. The predicted octanol–water partition coefficient (Wildman–Crippen LogP) is 1.56. The van der Waals surface area contributed by atoms with Gasteiger partial charge in [0.05, 0.1) is 36.4 Å². The van der Waals surface area contributed by atoms with Crippen LogP contribution in [0.4, 0.5) is 17.2 Å². The molecule has 0 aliphatic rings. The Kier molecular flexibility index (Phi) is 3.78. The van der Waals surface area contributed by atoms with Gasteiger partial charge in [0, 0.05) is 13.3 Å². The van der Waals surface area contributed by atoms with Crippen LogP contribution in [0.1, 0.15) is 5.69 Å². The Labute approximate surface area is 106 Å². The largest absolute Gasteiger partial charge is 0.397 e. The standard InChI is InChI=1S/C12H17N5O/c1-9-11(13)3-4-12(15-9)16-10-7-14-17(8-10)5-6-18-2/h3-4,7-8H,5-6,13H2,1-2H3,(H,15,16). The molecule has 2 rings (SSSR count). The average molecular weight is 247 g/mol. The minimum absolute atomic E-state index is 0.639. The summed E-state index contributed by atoms with van der Waals surface area (Å²) < 4.78 is 6.81. The quantitative estimate of drug-likeness (QED) is 0.838. The van der Waals surface area contributed by atoms with E-state index in [1.165, 1.54) is 0 Å². The fourth-order valence-electron chi connectivity index (χ4n) is 1.52. The molecule has 0 unspecified atom stereocenters. The molecule has 18 heavy (non-hydrogen) atoms. The maximum atomic E-state index is 5.72. The van der Waals surface area contributed by atoms with Gasteiger partial charge in [0.2, 0.25) is 0 Å². The number of pyridine rings is 1. The summed E-state index contributed by atoms with van der Waals surface area (Å²) in [6.45, 7) is 3.25. The van der Waals surface area contributed by atoms with E-state index in [-0.39, 0.29) is 0 Å². The van der Waals surface area contributed by atoms with Crippen LogP contribution in [0.2, 0.25) is 0 Å². The summed E-state index contributed by atoms with van der Waals surface area (Å²) in [5.41, 5.74) is 8.11. The Balaban J connectivity index is 2.04. The van der Waals surface area contributed by atoms with Crippen LogP contribution in [0.3, 0.4) is 0 Å². The highest BCUT2D eigenvalue weighted by molar-refractivity contribution is 5.57. The molecular weight excluding hydrogens is 230 g/mol. The lowest BCUT2D eigenvalue weighted by atomic mass is 10.3. The fourth-order valence-corrected chi connectivity index (χ4v) is 1.52. The Morgan fingerprint density at radius 2 is 2.28 bits per heavy atom. The number of nitrogens with two attached hydrogens (primary N) is 1. The molecule has 2 aromatic rings. The van der Waals surface area contributed by atoms with Gasteiger partial charge in [-0.25, -0.2) is 4.98 Å². The van der Waals surface area contributed by atoms with E-state index in [0.717, 1.165) is 23.7 Å². The smallest absolute Gasteiger partial charge is 0.130 e. The van der Waals surface area contributed by atoms with Crippen LogP contribution in [0.5, 0.6) is 0 Å². The van der Waals surface area contributed by atoms with Gasteiger partial charge in [0.15, 0.2) is 0 Å². The van der Waals surface area contributed by atoms with Crippen molar-refractivity contribution in [2.75, 3.05) is 24.8 Å². The number of nitrogens with one attached hydrogen (secondary N) is 1. The Morgan fingerprint density at radius 3 is 3.00 bits per heavy atom. The van der Waals surface area contributed by atoms with Crippen molar-refractivity contribution < 1.29 is 4.74 Å². The highest BCUT2D eigenvalue weighted by atomic mass is 16.5. The average Bonchev–Trinajstić information content (AvgIpc) is 2.79. The van der Waals surface area contributed by atoms with Crippen molar-refractivity contribution in [3.05, 3.63) is 30.2 Å². The van der Waals surface area contributed by atoms with Crippen molar-refractivity contribution in [3.8, 4) is 0 Å². The van der Waals surface area contributed by atoms with E-state index >= 15 is 0 Å². The molecule has 0 bridgehead atoms. The number of nitrogen functional groups attached to an aromatic ring is 1. The van der Waals surface area contributed by atoms with Gasteiger partial charge in [-0.05, 0) is 19.1 Å². The number of aryl methyl sites for hydroxylation is 1. The van der Waals surface area contributed by atoms with Crippen LogP contribution < -0.4 is 11.1 Å². The third kappa shape index (κ3) is 2.98. The van der Waals surface area contributed by atoms with Gasteiger partial charge in [-0.2, -0.15) is 5.10 Å². The van der Waals surface area contributed by atoms with Gasteiger partial charge >= 0.3 is 0 Å². The molecule has 0 aliphatic heterocycles. The Hall–Kier alpha value is -2.08. The van der Waals surface area contributed by atoms with E-state index in [9.17, 15) is 0 Å². The number of hydrogen-bond acceptors (Lipinski definition) is 5. The number of anilines is 3. The number of ether oxygens (including phenoxy) is 1. The van der Waals surface area contributed by atoms with Crippen molar-refractivity contribution in [2.45, 2.75) is 13.5 Å². The minimum atomic E-state index is 0.639. The van der Waals surface area contributed by atoms with E-state index in [1.807, 2.05) is 29.9 Å². The van der Waals surface area contributed by atoms with Crippen LogP contribution >= 0.6 is 0 Å². The predicted molar refractivity (Wildman–Crippen MR) is 70.8 cm³/mol. The molecule has 6 nitrogen and oxygen atoms in total. The normalized spacial score (nSPS) is 10.6. The molecule has 0 saturated heterocycles. The maximum absolute atomic E-state index is 5.72. The maximum Gasteiger partial charge on any atom is 0.130 e. The summed E-state index contributed by atoms with van der Waals surface area (Å²) in [5, 5.41) is 7.39. The monoisotopic (exact) mass is 247 g/mol. The second-order valence-electron chi connectivity index (χ2n) is 3.98. The summed E-state index contributed by atoms with van der Waals surface area (Å²) >= 11 is 0. The Bertz CT molecular complexity index is 523. The van der Waals surface area contributed by atoms with Gasteiger partial charge in [0.1, 0.15) is 5.82 Å². The van der Waals surface area contributed by atoms with Crippen molar-refractivity contribution in [2.24, 2.45) is 0 Å². The molecule has 0 spiro atoms. The van der Waals surface area contributed by atoms with E-state index < -0.39 is 0 Å². The van der Waals surface area contributed by atoms with Crippen molar-refractivity contribution >= 4 is 17.2 Å². The van der Waals surface area contributed by atoms with Crippen LogP contribution in [-0.4, -0.2) is 28.5 Å². The van der Waals surface area contributed by atoms with Crippen molar-refractivity contribution in [3.63, 3.8) is 0 Å². The molecule has 0 amide bonds. The molecule has 0 atom stereocenters. The first-order valence-corrected chi connectivity index (χ1v) is 5.70. The second kappa shape index (κ2) is 5.50. The lowest BCUT2D eigenvalue weighted by Gasteiger charge is -2.05. The molecule has 0 radical (unpaired) electrons. The molecule has 0 aliphatic carbocycles. The zero-order chi connectivity index (χ0) is 13.0. The molecular formula is C12H17N5O. The van der Waals surface area contributed by atoms with Crippen LogP contribution in [0.25, 0.3) is 0 Å². The minimum Gasteiger partial charge on any atom is -0.397 e. The highest BCUT2D eigenvalue weighted by Crippen LogP contribution is 2.16. The van der Waals surface area contributed by atoms with Gasteiger partial charge < -0.3 is 15.8 Å². The summed E-state index contributed by atoms with van der Waals surface area (Å²) in [6.07, 6.45) is 3.66. The van der Waals surface area contributed by atoms with Gasteiger partial charge in [-0.3, -0.25) is 4.68 Å². The van der Waals surface area contributed by atoms with Crippen molar-refractivity contribution in [1.82, 2.24) is 14.8 Å². The molecule has 3 N–H and O–H groups in total. The van der Waals surface area contributed by atoms with E-state index in [1.54, 1.807) is 13.3 Å². The number of aromatic nitrogens is 3. The van der Waals surface area contributed by atoms with Crippen molar-refractivity contribution in [1.29, 1.82) is 0 Å². The van der Waals surface area contributed by atoms with Gasteiger partial charge in [-0.15, -0.1) is 0 Å². The SMILES string of the molecule is COCCn1cc(Nc2ccc(N)c(C)n2)cn1. The van der Waals surface area contributed by atoms with Crippen LogP contribution in [-0.2, 0) is 11.3 Å². The zero-order valence-electron chi connectivity index (χ0n) is 10.6. The zero-order valence-corrected chi connectivity index (χ0v) is 10.6. The molecule has 2 heterocycles. The molecule has 2 aromatic heterocycles. The first-order chi connectivity index (χ1) is 8.69. The molecule has 96 valence electrons. The second-order valence-corrected chi connectivity index (χ2v) is 3.98. The molecule has 6 heteroatoms. The first-order valence-electron chi connectivity index (χ1n) is 5.70. The van der Waals surface area contributed by atoms with E-state index in [0.29, 0.717) is 12.3 Å². The first kappa shape index (κ1) is 12.4. The number of methoxy groups -OCH3 is 1. The van der Waals surface area contributed by atoms with E-state index in [4.69, 9.17) is 10.5 Å².